The lowest BCUT2D eigenvalue weighted by atomic mass is 9.81. The lowest BCUT2D eigenvalue weighted by Crippen LogP contribution is -2.26. The summed E-state index contributed by atoms with van der Waals surface area (Å²) in [6.07, 6.45) is 6.56. The third-order valence-corrected chi connectivity index (χ3v) is 4.59. The van der Waals surface area contributed by atoms with Gasteiger partial charge in [0.15, 0.2) is 0 Å². The standard InChI is InChI=1S/C14H21NOS/c1-11-4-6-12(7-5-11)8-9-15-14(16)13-3-2-10-17-13/h2-3,10-12H,4-9H2,1H3,(H,15,16). The molecule has 0 atom stereocenters. The van der Waals surface area contributed by atoms with E-state index in [-0.39, 0.29) is 5.91 Å². The summed E-state index contributed by atoms with van der Waals surface area (Å²) < 4.78 is 0. The Balaban J connectivity index is 1.64. The van der Waals surface area contributed by atoms with E-state index in [4.69, 9.17) is 0 Å². The Hall–Kier alpha value is -0.830. The Morgan fingerprint density at radius 1 is 1.41 bits per heavy atom. The van der Waals surface area contributed by atoms with Gasteiger partial charge in [-0.3, -0.25) is 4.79 Å². The van der Waals surface area contributed by atoms with Gasteiger partial charge in [-0.2, -0.15) is 0 Å². The largest absolute Gasteiger partial charge is 0.351 e. The molecular weight excluding hydrogens is 230 g/mol. The van der Waals surface area contributed by atoms with Gasteiger partial charge in [-0.1, -0.05) is 38.7 Å². The van der Waals surface area contributed by atoms with Gasteiger partial charge in [-0.05, 0) is 29.7 Å². The van der Waals surface area contributed by atoms with Crippen molar-refractivity contribution in [3.05, 3.63) is 22.4 Å². The number of hydrogen-bond donors (Lipinski definition) is 1. The first-order valence-electron chi connectivity index (χ1n) is 6.57. The van der Waals surface area contributed by atoms with Gasteiger partial charge in [0.25, 0.3) is 5.91 Å². The van der Waals surface area contributed by atoms with Gasteiger partial charge < -0.3 is 5.32 Å². The van der Waals surface area contributed by atoms with Crippen molar-refractivity contribution in [3.8, 4) is 0 Å². The molecule has 94 valence electrons. The van der Waals surface area contributed by atoms with Gasteiger partial charge in [0.1, 0.15) is 0 Å². The topological polar surface area (TPSA) is 29.1 Å². The van der Waals surface area contributed by atoms with Crippen molar-refractivity contribution in [1.82, 2.24) is 5.32 Å². The molecule has 1 heterocycles. The van der Waals surface area contributed by atoms with Crippen LogP contribution in [-0.4, -0.2) is 12.5 Å². The Morgan fingerprint density at radius 2 is 2.18 bits per heavy atom. The molecule has 0 aliphatic heterocycles. The van der Waals surface area contributed by atoms with E-state index in [2.05, 4.69) is 12.2 Å². The zero-order valence-electron chi connectivity index (χ0n) is 10.4. The highest BCUT2D eigenvalue weighted by Gasteiger charge is 2.18. The summed E-state index contributed by atoms with van der Waals surface area (Å²) in [5.74, 6) is 1.82. The van der Waals surface area contributed by atoms with Gasteiger partial charge in [0.05, 0.1) is 4.88 Å². The molecule has 1 aliphatic carbocycles. The van der Waals surface area contributed by atoms with Gasteiger partial charge in [0.2, 0.25) is 0 Å². The van der Waals surface area contributed by atoms with Crippen LogP contribution in [0, 0.1) is 11.8 Å². The van der Waals surface area contributed by atoms with Gasteiger partial charge in [0, 0.05) is 6.54 Å². The van der Waals surface area contributed by atoms with Crippen molar-refractivity contribution >= 4 is 17.2 Å². The van der Waals surface area contributed by atoms with Crippen molar-refractivity contribution in [2.75, 3.05) is 6.54 Å². The minimum atomic E-state index is 0.0872. The molecule has 1 aliphatic rings. The third-order valence-electron chi connectivity index (χ3n) is 3.72. The molecule has 1 amide bonds. The summed E-state index contributed by atoms with van der Waals surface area (Å²) >= 11 is 1.51. The van der Waals surface area contributed by atoms with Crippen molar-refractivity contribution in [3.63, 3.8) is 0 Å². The maximum Gasteiger partial charge on any atom is 0.261 e. The molecular formula is C14H21NOS. The van der Waals surface area contributed by atoms with Crippen LogP contribution in [0.3, 0.4) is 0 Å². The fourth-order valence-corrected chi connectivity index (χ4v) is 3.14. The summed E-state index contributed by atoms with van der Waals surface area (Å²) in [7, 11) is 0. The molecule has 1 fully saturated rings. The molecule has 0 bridgehead atoms. The van der Waals surface area contributed by atoms with Crippen LogP contribution in [0.4, 0.5) is 0 Å². The van der Waals surface area contributed by atoms with Gasteiger partial charge in [-0.25, -0.2) is 0 Å². The highest BCUT2D eigenvalue weighted by Crippen LogP contribution is 2.29. The molecule has 1 aromatic rings. The molecule has 1 saturated carbocycles. The molecule has 0 spiro atoms. The highest BCUT2D eigenvalue weighted by atomic mass is 32.1. The van der Waals surface area contributed by atoms with Crippen LogP contribution >= 0.6 is 11.3 Å². The van der Waals surface area contributed by atoms with Crippen LogP contribution in [0.5, 0.6) is 0 Å². The first-order chi connectivity index (χ1) is 8.25. The number of rotatable bonds is 4. The number of nitrogens with one attached hydrogen (secondary N) is 1. The van der Waals surface area contributed by atoms with E-state index in [1.807, 2.05) is 17.5 Å². The molecule has 0 unspecified atom stereocenters. The van der Waals surface area contributed by atoms with Crippen molar-refractivity contribution in [2.24, 2.45) is 11.8 Å². The Morgan fingerprint density at radius 3 is 2.82 bits per heavy atom. The molecule has 3 heteroatoms. The van der Waals surface area contributed by atoms with Gasteiger partial charge >= 0.3 is 0 Å². The highest BCUT2D eigenvalue weighted by molar-refractivity contribution is 7.12. The molecule has 1 N–H and O–H groups in total. The normalized spacial score (nSPS) is 24.5. The smallest absolute Gasteiger partial charge is 0.261 e. The molecule has 2 nitrogen and oxygen atoms in total. The van der Waals surface area contributed by atoms with Gasteiger partial charge in [-0.15, -0.1) is 11.3 Å². The van der Waals surface area contributed by atoms with Crippen molar-refractivity contribution in [1.29, 1.82) is 0 Å². The fourth-order valence-electron chi connectivity index (χ4n) is 2.50. The van der Waals surface area contributed by atoms with Crippen LogP contribution in [0.2, 0.25) is 0 Å². The molecule has 2 rings (SSSR count). The number of thiophene rings is 1. The number of carbonyl (C=O) groups excluding carboxylic acids is 1. The number of hydrogen-bond acceptors (Lipinski definition) is 2. The minimum Gasteiger partial charge on any atom is -0.351 e. The fraction of sp³-hybridized carbons (Fsp3) is 0.643. The van der Waals surface area contributed by atoms with Crippen molar-refractivity contribution < 1.29 is 4.79 Å². The van der Waals surface area contributed by atoms with E-state index in [1.165, 1.54) is 37.0 Å². The zero-order valence-corrected chi connectivity index (χ0v) is 11.3. The molecule has 17 heavy (non-hydrogen) atoms. The number of amides is 1. The van der Waals surface area contributed by atoms with E-state index >= 15 is 0 Å². The minimum absolute atomic E-state index is 0.0872. The lowest BCUT2D eigenvalue weighted by Gasteiger charge is -2.26. The zero-order chi connectivity index (χ0) is 12.1. The molecule has 0 radical (unpaired) electrons. The summed E-state index contributed by atoms with van der Waals surface area (Å²) in [5, 5.41) is 4.96. The summed E-state index contributed by atoms with van der Waals surface area (Å²) in [5.41, 5.74) is 0. The Labute approximate surface area is 107 Å². The quantitative estimate of drug-likeness (QED) is 0.868. The van der Waals surface area contributed by atoms with E-state index in [0.717, 1.165) is 29.7 Å². The predicted molar refractivity (Wildman–Crippen MR) is 72.4 cm³/mol. The Kier molecular flexibility index (Phi) is 4.60. The maximum absolute atomic E-state index is 11.7. The average Bonchev–Trinajstić information content (AvgIpc) is 2.85. The van der Waals surface area contributed by atoms with Crippen LogP contribution < -0.4 is 5.32 Å². The van der Waals surface area contributed by atoms with Crippen molar-refractivity contribution in [2.45, 2.75) is 39.0 Å². The predicted octanol–water partition coefficient (Wildman–Crippen LogP) is 3.69. The Bertz CT molecular complexity index is 339. The lowest BCUT2D eigenvalue weighted by molar-refractivity contribution is 0.0954. The first-order valence-corrected chi connectivity index (χ1v) is 7.45. The molecule has 0 saturated heterocycles. The number of carbonyl (C=O) groups is 1. The maximum atomic E-state index is 11.7. The second-order valence-electron chi connectivity index (χ2n) is 5.15. The van der Waals surface area contributed by atoms with Crippen LogP contribution in [0.25, 0.3) is 0 Å². The van der Waals surface area contributed by atoms with E-state index in [1.54, 1.807) is 0 Å². The average molecular weight is 251 g/mol. The molecule has 0 aromatic carbocycles. The van der Waals surface area contributed by atoms with Crippen LogP contribution in [0.1, 0.15) is 48.7 Å². The van der Waals surface area contributed by atoms with E-state index in [0.29, 0.717) is 0 Å². The summed E-state index contributed by atoms with van der Waals surface area (Å²) in [4.78, 5) is 12.5. The van der Waals surface area contributed by atoms with E-state index in [9.17, 15) is 4.79 Å². The first kappa shape index (κ1) is 12.6. The summed E-state index contributed by atoms with van der Waals surface area (Å²) in [6.45, 7) is 3.17. The molecule has 1 aromatic heterocycles. The second-order valence-corrected chi connectivity index (χ2v) is 6.10. The van der Waals surface area contributed by atoms with Crippen LogP contribution in [-0.2, 0) is 0 Å². The third kappa shape index (κ3) is 3.84. The van der Waals surface area contributed by atoms with E-state index < -0.39 is 0 Å². The SMILES string of the molecule is CC1CCC(CCNC(=O)c2cccs2)CC1. The summed E-state index contributed by atoms with van der Waals surface area (Å²) in [6, 6.07) is 3.80. The monoisotopic (exact) mass is 251 g/mol. The van der Waals surface area contributed by atoms with Crippen LogP contribution in [0.15, 0.2) is 17.5 Å². The second kappa shape index (κ2) is 6.20.